The first-order valence-corrected chi connectivity index (χ1v) is 6.05. The van der Waals surface area contributed by atoms with Crippen LogP contribution in [0.1, 0.15) is 31.4 Å². The fourth-order valence-electron chi connectivity index (χ4n) is 2.35. The van der Waals surface area contributed by atoms with Gasteiger partial charge in [0.25, 0.3) is 0 Å². The fraction of sp³-hybridized carbons (Fsp3) is 0.462. The molecule has 1 fully saturated rings. The Morgan fingerprint density at radius 1 is 1.58 bits per heavy atom. The predicted octanol–water partition coefficient (Wildman–Crippen LogP) is 1.45. The Kier molecular flexibility index (Phi) is 3.78. The molecule has 1 saturated heterocycles. The van der Waals surface area contributed by atoms with E-state index in [2.05, 4.69) is 4.98 Å². The number of likely N-dealkylation sites (tertiary alicyclic amines) is 1. The summed E-state index contributed by atoms with van der Waals surface area (Å²) >= 11 is 0. The molecule has 0 aliphatic carbocycles. The second-order valence-corrected chi connectivity index (χ2v) is 4.47. The van der Waals surface area contributed by atoms with Crippen LogP contribution in [0.5, 0.6) is 0 Å². The van der Waals surface area contributed by atoms with Crippen LogP contribution in [0.4, 0.5) is 4.39 Å². The Balaban J connectivity index is 2.24. The zero-order valence-electron chi connectivity index (χ0n) is 10.8. The molecular formula is C13H15FN2O3. The molecule has 19 heavy (non-hydrogen) atoms. The molecule has 5 nitrogen and oxygen atoms in total. The van der Waals surface area contributed by atoms with Crippen LogP contribution >= 0.6 is 0 Å². The minimum atomic E-state index is -0.576. The first-order valence-electron chi connectivity index (χ1n) is 6.05. The first kappa shape index (κ1) is 13.5. The predicted molar refractivity (Wildman–Crippen MR) is 64.5 cm³/mol. The molecule has 2 heterocycles. The summed E-state index contributed by atoms with van der Waals surface area (Å²) in [6, 6.07) is 1.89. The summed E-state index contributed by atoms with van der Waals surface area (Å²) in [4.78, 5) is 28.6. The number of hydrogen-bond donors (Lipinski definition) is 0. The molecule has 1 aromatic heterocycles. The van der Waals surface area contributed by atoms with Gasteiger partial charge in [0.15, 0.2) is 0 Å². The SMILES string of the molecule is COC(=O)C1CCC(=O)N1C(C)c1ccc(F)nc1. The Morgan fingerprint density at radius 3 is 2.89 bits per heavy atom. The van der Waals surface area contributed by atoms with Crippen molar-refractivity contribution in [3.63, 3.8) is 0 Å². The summed E-state index contributed by atoms with van der Waals surface area (Å²) in [5.74, 6) is -1.10. The largest absolute Gasteiger partial charge is 0.467 e. The highest BCUT2D eigenvalue weighted by molar-refractivity contribution is 5.88. The molecule has 0 bridgehead atoms. The van der Waals surface area contributed by atoms with Crippen molar-refractivity contribution in [1.29, 1.82) is 0 Å². The maximum absolute atomic E-state index is 12.8. The van der Waals surface area contributed by atoms with Gasteiger partial charge in [0.05, 0.1) is 13.2 Å². The number of methoxy groups -OCH3 is 1. The standard InChI is InChI=1S/C13H15FN2O3/c1-8(9-3-5-11(14)15-7-9)16-10(13(18)19-2)4-6-12(16)17/h3,5,7-8,10H,4,6H2,1-2H3. The van der Waals surface area contributed by atoms with Crippen molar-refractivity contribution in [2.75, 3.05) is 7.11 Å². The molecule has 2 rings (SSSR count). The maximum atomic E-state index is 12.8. The van der Waals surface area contributed by atoms with Gasteiger partial charge in [-0.25, -0.2) is 9.78 Å². The summed E-state index contributed by atoms with van der Waals surface area (Å²) in [7, 11) is 1.30. The molecular weight excluding hydrogens is 251 g/mol. The molecule has 6 heteroatoms. The summed E-state index contributed by atoms with van der Waals surface area (Å²) in [6.45, 7) is 1.79. The number of esters is 1. The number of halogens is 1. The number of hydrogen-bond acceptors (Lipinski definition) is 4. The summed E-state index contributed by atoms with van der Waals surface area (Å²) in [5, 5.41) is 0. The lowest BCUT2D eigenvalue weighted by Gasteiger charge is -2.29. The molecule has 0 aromatic carbocycles. The number of ether oxygens (including phenoxy) is 1. The third-order valence-electron chi connectivity index (χ3n) is 3.38. The molecule has 0 N–H and O–H groups in total. The van der Waals surface area contributed by atoms with Crippen LogP contribution < -0.4 is 0 Å². The van der Waals surface area contributed by atoms with Gasteiger partial charge < -0.3 is 9.64 Å². The monoisotopic (exact) mass is 266 g/mol. The number of carbonyl (C=O) groups is 2. The smallest absolute Gasteiger partial charge is 0.328 e. The Hall–Kier alpha value is -1.98. The van der Waals surface area contributed by atoms with Gasteiger partial charge in [0, 0.05) is 12.6 Å². The maximum Gasteiger partial charge on any atom is 0.328 e. The quantitative estimate of drug-likeness (QED) is 0.613. The van der Waals surface area contributed by atoms with Gasteiger partial charge in [-0.1, -0.05) is 6.07 Å². The summed E-state index contributed by atoms with van der Waals surface area (Å²) in [5.41, 5.74) is 0.686. The minimum absolute atomic E-state index is 0.104. The topological polar surface area (TPSA) is 59.5 Å². The van der Waals surface area contributed by atoms with E-state index in [0.717, 1.165) is 0 Å². The van der Waals surface area contributed by atoms with Crippen LogP contribution in [0.15, 0.2) is 18.3 Å². The molecule has 1 aromatic rings. The molecule has 2 unspecified atom stereocenters. The van der Waals surface area contributed by atoms with Crippen molar-refractivity contribution in [1.82, 2.24) is 9.88 Å². The van der Waals surface area contributed by atoms with Gasteiger partial charge in [-0.05, 0) is 25.0 Å². The third kappa shape index (κ3) is 2.57. The van der Waals surface area contributed by atoms with E-state index >= 15 is 0 Å². The highest BCUT2D eigenvalue weighted by Crippen LogP contribution is 2.30. The van der Waals surface area contributed by atoms with Crippen LogP contribution in [-0.2, 0) is 14.3 Å². The van der Waals surface area contributed by atoms with Gasteiger partial charge in [-0.15, -0.1) is 0 Å². The first-order chi connectivity index (χ1) is 9.04. The number of aromatic nitrogens is 1. The molecule has 102 valence electrons. The van der Waals surface area contributed by atoms with Gasteiger partial charge in [0.2, 0.25) is 11.9 Å². The number of amides is 1. The lowest BCUT2D eigenvalue weighted by Crippen LogP contribution is -2.40. The van der Waals surface area contributed by atoms with Crippen molar-refractivity contribution in [2.24, 2.45) is 0 Å². The lowest BCUT2D eigenvalue weighted by molar-refractivity contribution is -0.150. The molecule has 0 saturated carbocycles. The zero-order valence-corrected chi connectivity index (χ0v) is 10.8. The molecule has 0 radical (unpaired) electrons. The summed E-state index contributed by atoms with van der Waals surface area (Å²) < 4.78 is 17.5. The van der Waals surface area contributed by atoms with E-state index in [1.165, 1.54) is 24.3 Å². The second-order valence-electron chi connectivity index (χ2n) is 4.47. The van der Waals surface area contributed by atoms with Crippen LogP contribution in [0.25, 0.3) is 0 Å². The highest BCUT2D eigenvalue weighted by Gasteiger charge is 2.39. The number of nitrogens with zero attached hydrogens (tertiary/aromatic N) is 2. The summed E-state index contributed by atoms with van der Waals surface area (Å²) in [6.07, 6.45) is 2.14. The molecule has 1 amide bonds. The van der Waals surface area contributed by atoms with E-state index in [-0.39, 0.29) is 11.9 Å². The average Bonchev–Trinajstić information content (AvgIpc) is 2.80. The van der Waals surface area contributed by atoms with Gasteiger partial charge in [-0.3, -0.25) is 4.79 Å². The van der Waals surface area contributed by atoms with E-state index in [1.807, 2.05) is 0 Å². The van der Waals surface area contributed by atoms with Crippen molar-refractivity contribution < 1.29 is 18.7 Å². The van der Waals surface area contributed by atoms with Crippen LogP contribution in [0.2, 0.25) is 0 Å². The van der Waals surface area contributed by atoms with E-state index in [1.54, 1.807) is 13.0 Å². The van der Waals surface area contributed by atoms with E-state index < -0.39 is 18.0 Å². The van der Waals surface area contributed by atoms with Crippen molar-refractivity contribution in [3.8, 4) is 0 Å². The molecule has 0 spiro atoms. The van der Waals surface area contributed by atoms with E-state index in [4.69, 9.17) is 4.74 Å². The average molecular weight is 266 g/mol. The van der Waals surface area contributed by atoms with E-state index in [0.29, 0.717) is 18.4 Å². The van der Waals surface area contributed by atoms with Crippen molar-refractivity contribution >= 4 is 11.9 Å². The Bertz CT molecular complexity index is 489. The minimum Gasteiger partial charge on any atom is -0.467 e. The zero-order chi connectivity index (χ0) is 14.0. The van der Waals surface area contributed by atoms with Gasteiger partial charge >= 0.3 is 5.97 Å². The van der Waals surface area contributed by atoms with Gasteiger partial charge in [-0.2, -0.15) is 4.39 Å². The highest BCUT2D eigenvalue weighted by atomic mass is 19.1. The fourth-order valence-corrected chi connectivity index (χ4v) is 2.35. The van der Waals surface area contributed by atoms with Crippen LogP contribution in [0.3, 0.4) is 0 Å². The van der Waals surface area contributed by atoms with Crippen molar-refractivity contribution in [3.05, 3.63) is 29.8 Å². The molecule has 1 aliphatic heterocycles. The number of carbonyl (C=O) groups excluding carboxylic acids is 2. The van der Waals surface area contributed by atoms with Crippen LogP contribution in [-0.4, -0.2) is 34.9 Å². The lowest BCUT2D eigenvalue weighted by atomic mass is 10.1. The third-order valence-corrected chi connectivity index (χ3v) is 3.38. The van der Waals surface area contributed by atoms with Crippen LogP contribution in [0, 0.1) is 5.95 Å². The van der Waals surface area contributed by atoms with Gasteiger partial charge in [0.1, 0.15) is 6.04 Å². The normalized spacial score (nSPS) is 20.5. The Morgan fingerprint density at radius 2 is 2.32 bits per heavy atom. The number of pyridine rings is 1. The molecule has 1 aliphatic rings. The van der Waals surface area contributed by atoms with Crippen molar-refractivity contribution in [2.45, 2.75) is 31.8 Å². The Labute approximate surface area is 110 Å². The molecule has 2 atom stereocenters. The second kappa shape index (κ2) is 5.34. The number of rotatable bonds is 3. The van der Waals surface area contributed by atoms with E-state index in [9.17, 15) is 14.0 Å².